The normalized spacial score (nSPS) is 15.8. The molecule has 1 N–H and O–H groups in total. The Morgan fingerprint density at radius 1 is 1.11 bits per heavy atom. The maximum Gasteiger partial charge on any atom is 0.405 e. The van der Waals surface area contributed by atoms with Crippen molar-refractivity contribution in [3.8, 4) is 6.07 Å². The summed E-state index contributed by atoms with van der Waals surface area (Å²) in [6, 6.07) is 5.97. The first kappa shape index (κ1) is 29.3. The molecule has 2 aromatic carbocycles. The van der Waals surface area contributed by atoms with Gasteiger partial charge in [-0.1, -0.05) is 12.1 Å². The van der Waals surface area contributed by atoms with Crippen molar-refractivity contribution >= 4 is 31.3 Å². The van der Waals surface area contributed by atoms with Crippen molar-refractivity contribution in [2.75, 3.05) is 23.5 Å². The van der Waals surface area contributed by atoms with Gasteiger partial charge in [0, 0.05) is 12.3 Å². The number of hydrogen-bond donors (Lipinski definition) is 1. The molecule has 1 aliphatic carbocycles. The lowest BCUT2D eigenvalue weighted by atomic mass is 10.1. The molecular weight excluding hydrogens is 557 g/mol. The monoisotopic (exact) mass is 579 g/mol. The Labute approximate surface area is 215 Å². The van der Waals surface area contributed by atoms with Crippen molar-refractivity contribution in [2.45, 2.75) is 41.2 Å². The Morgan fingerprint density at radius 3 is 2.18 bits per heavy atom. The molecule has 3 rings (SSSR count). The van der Waals surface area contributed by atoms with Crippen LogP contribution in [-0.2, 0) is 30.2 Å². The Kier molecular flexibility index (Phi) is 8.09. The second-order valence-corrected chi connectivity index (χ2v) is 13.1. The molecule has 0 radical (unpaired) electrons. The number of rotatable bonds is 10. The summed E-state index contributed by atoms with van der Waals surface area (Å²) in [7, 11) is -7.98. The fraction of sp³-hybridized carbons (Fsp3) is 0.391. The van der Waals surface area contributed by atoms with Crippen LogP contribution in [0.2, 0.25) is 0 Å². The molecule has 1 amide bonds. The molecule has 0 aliphatic heterocycles. The van der Waals surface area contributed by atoms with Crippen LogP contribution in [0, 0.1) is 23.0 Å². The second-order valence-electron chi connectivity index (χ2n) is 9.01. The molecule has 0 heterocycles. The zero-order chi connectivity index (χ0) is 28.5. The molecule has 8 nitrogen and oxygen atoms in total. The predicted molar refractivity (Wildman–Crippen MR) is 126 cm³/mol. The summed E-state index contributed by atoms with van der Waals surface area (Å²) < 4.78 is 118. The average molecular weight is 580 g/mol. The van der Waals surface area contributed by atoms with Crippen molar-refractivity contribution in [3.05, 3.63) is 59.7 Å². The van der Waals surface area contributed by atoms with Gasteiger partial charge in [-0.3, -0.25) is 4.79 Å². The van der Waals surface area contributed by atoms with E-state index in [1.807, 2.05) is 6.07 Å². The fourth-order valence-electron chi connectivity index (χ4n) is 3.67. The molecule has 206 valence electrons. The van der Waals surface area contributed by atoms with E-state index in [0.717, 1.165) is 18.4 Å². The first-order chi connectivity index (χ1) is 17.4. The molecule has 15 heteroatoms. The fourth-order valence-corrected chi connectivity index (χ4v) is 5.93. The molecule has 1 saturated carbocycles. The van der Waals surface area contributed by atoms with Crippen molar-refractivity contribution in [2.24, 2.45) is 0 Å². The van der Waals surface area contributed by atoms with E-state index in [1.54, 1.807) is 0 Å². The van der Waals surface area contributed by atoms with Crippen LogP contribution < -0.4 is 10.2 Å². The lowest BCUT2D eigenvalue weighted by Crippen LogP contribution is -2.56. The van der Waals surface area contributed by atoms with E-state index in [2.05, 4.69) is 5.32 Å². The largest absolute Gasteiger partial charge is 0.405 e. The lowest BCUT2D eigenvalue weighted by molar-refractivity contribution is -0.127. The van der Waals surface area contributed by atoms with E-state index >= 15 is 0 Å². The predicted octanol–water partition coefficient (Wildman–Crippen LogP) is 2.89. The maximum atomic E-state index is 14.6. The van der Waals surface area contributed by atoms with Crippen LogP contribution in [-0.4, -0.2) is 59.1 Å². The molecule has 0 bridgehead atoms. The van der Waals surface area contributed by atoms with E-state index in [4.69, 9.17) is 0 Å². The Bertz CT molecular complexity index is 1470. The van der Waals surface area contributed by atoms with Gasteiger partial charge in [-0.05, 0) is 42.7 Å². The highest BCUT2D eigenvalue weighted by Gasteiger charge is 2.48. The van der Waals surface area contributed by atoms with Gasteiger partial charge in [-0.2, -0.15) is 18.4 Å². The van der Waals surface area contributed by atoms with E-state index in [9.17, 15) is 48.8 Å². The number of nitrogens with one attached hydrogen (secondary N) is 1. The van der Waals surface area contributed by atoms with Gasteiger partial charge in [0.1, 0.15) is 29.8 Å². The number of carbonyl (C=O) groups is 1. The van der Waals surface area contributed by atoms with Crippen molar-refractivity contribution in [1.82, 2.24) is 5.32 Å². The van der Waals surface area contributed by atoms with Crippen LogP contribution in [0.25, 0.3) is 0 Å². The van der Waals surface area contributed by atoms with Gasteiger partial charge in [-0.25, -0.2) is 25.6 Å². The van der Waals surface area contributed by atoms with Gasteiger partial charge < -0.3 is 10.2 Å². The minimum atomic E-state index is -5.03. The molecule has 0 aromatic heterocycles. The summed E-state index contributed by atoms with van der Waals surface area (Å²) in [5.74, 6) is -5.82. The van der Waals surface area contributed by atoms with E-state index in [1.165, 1.54) is 12.1 Å². The second kappa shape index (κ2) is 10.5. The van der Waals surface area contributed by atoms with E-state index in [-0.39, 0.29) is 28.2 Å². The molecular formula is C23H22F5N3O5S2. The number of anilines is 1. The number of hydrogen-bond acceptors (Lipinski definition) is 7. The molecule has 0 spiro atoms. The molecule has 38 heavy (non-hydrogen) atoms. The standard InChI is InChI=1S/C23H22F5N3O5S2/c1-37(33,34)17-5-2-15(3-6-17)11-38(35,36)12-20(21(32)30-22(13-29)8-9-22)31(14-23(26,27)28)19-7-4-16(24)10-18(19)25/h2-7,10,20H,8-9,11-12,14H2,1H3,(H,30,32)/t20-/m0/s1. The highest BCUT2D eigenvalue weighted by Crippen LogP contribution is 2.35. The van der Waals surface area contributed by atoms with Gasteiger partial charge in [0.25, 0.3) is 0 Å². The Morgan fingerprint density at radius 2 is 1.71 bits per heavy atom. The molecule has 1 aliphatic rings. The zero-order valence-electron chi connectivity index (χ0n) is 19.8. The van der Waals surface area contributed by atoms with E-state index in [0.29, 0.717) is 18.2 Å². The van der Waals surface area contributed by atoms with Crippen LogP contribution in [0.1, 0.15) is 18.4 Å². The van der Waals surface area contributed by atoms with E-state index < -0.39 is 78.7 Å². The highest BCUT2D eigenvalue weighted by atomic mass is 32.2. The topological polar surface area (TPSA) is 124 Å². The van der Waals surface area contributed by atoms with Gasteiger partial charge in [0.15, 0.2) is 19.7 Å². The number of alkyl halides is 3. The third-order valence-corrected chi connectivity index (χ3v) is 8.45. The van der Waals surface area contributed by atoms with Crippen molar-refractivity contribution in [3.63, 3.8) is 0 Å². The smallest absolute Gasteiger partial charge is 0.347 e. The number of benzene rings is 2. The SMILES string of the molecule is CS(=O)(=O)c1ccc(CS(=O)(=O)C[C@@H](C(=O)NC2(C#N)CC2)N(CC(F)(F)F)c2ccc(F)cc2F)cc1. The van der Waals surface area contributed by atoms with Gasteiger partial charge in [0.2, 0.25) is 5.91 Å². The van der Waals surface area contributed by atoms with Gasteiger partial charge >= 0.3 is 6.18 Å². The third-order valence-electron chi connectivity index (χ3n) is 5.72. The summed E-state index contributed by atoms with van der Waals surface area (Å²) in [5, 5.41) is 11.5. The summed E-state index contributed by atoms with van der Waals surface area (Å²) in [6.07, 6.45) is -3.71. The molecule has 0 saturated heterocycles. The maximum absolute atomic E-state index is 14.6. The summed E-state index contributed by atoms with van der Waals surface area (Å²) >= 11 is 0. The minimum absolute atomic E-state index is 0.0857. The van der Waals surface area contributed by atoms with Crippen molar-refractivity contribution in [1.29, 1.82) is 5.26 Å². The number of halogens is 5. The van der Waals surface area contributed by atoms with Crippen LogP contribution in [0.5, 0.6) is 0 Å². The van der Waals surface area contributed by atoms with Crippen molar-refractivity contribution < 1.29 is 43.6 Å². The van der Waals surface area contributed by atoms with Crippen LogP contribution in [0.15, 0.2) is 47.4 Å². The minimum Gasteiger partial charge on any atom is -0.347 e. The molecule has 1 fully saturated rings. The van der Waals surface area contributed by atoms with Crippen LogP contribution in [0.4, 0.5) is 27.6 Å². The lowest BCUT2D eigenvalue weighted by Gasteiger charge is -2.34. The molecule has 1 atom stereocenters. The van der Waals surface area contributed by atoms with Gasteiger partial charge in [-0.15, -0.1) is 0 Å². The number of nitriles is 1. The number of amides is 1. The zero-order valence-corrected chi connectivity index (χ0v) is 21.4. The highest BCUT2D eigenvalue weighted by molar-refractivity contribution is 7.91. The third kappa shape index (κ3) is 7.64. The Balaban J connectivity index is 2.01. The average Bonchev–Trinajstić information content (AvgIpc) is 3.55. The van der Waals surface area contributed by atoms with Crippen LogP contribution >= 0.6 is 0 Å². The molecule has 2 aromatic rings. The number of sulfone groups is 2. The van der Waals surface area contributed by atoms with Crippen LogP contribution in [0.3, 0.4) is 0 Å². The molecule has 0 unspecified atom stereocenters. The quantitative estimate of drug-likeness (QED) is 0.430. The summed E-state index contributed by atoms with van der Waals surface area (Å²) in [4.78, 5) is 13.2. The summed E-state index contributed by atoms with van der Waals surface area (Å²) in [6.45, 7) is -1.95. The van der Waals surface area contributed by atoms with Gasteiger partial charge in [0.05, 0.1) is 28.2 Å². The number of carbonyl (C=O) groups excluding carboxylic acids is 1. The Hall–Kier alpha value is -3.25. The first-order valence-electron chi connectivity index (χ1n) is 10.9. The number of nitrogens with zero attached hydrogens (tertiary/aromatic N) is 2. The first-order valence-corrected chi connectivity index (χ1v) is 14.7. The summed E-state index contributed by atoms with van der Waals surface area (Å²) in [5.41, 5.74) is -2.16.